The first kappa shape index (κ1) is 20.8. The van der Waals surface area contributed by atoms with E-state index >= 15 is 0 Å². The fraction of sp³-hybridized carbons (Fsp3) is 0.833. The van der Waals surface area contributed by atoms with E-state index in [1.807, 2.05) is 0 Å². The molecule has 0 aromatic carbocycles. The molecule has 1 rings (SSSR count). The zero-order chi connectivity index (χ0) is 18.6. The highest BCUT2D eigenvalue weighted by Crippen LogP contribution is 2.24. The van der Waals surface area contributed by atoms with Gasteiger partial charge < -0.3 is 55.1 Å². The van der Waals surface area contributed by atoms with Crippen LogP contribution in [0.4, 0.5) is 0 Å². The molecule has 0 saturated carbocycles. The van der Waals surface area contributed by atoms with Gasteiger partial charge in [-0.2, -0.15) is 0 Å². The quantitative estimate of drug-likeness (QED) is 0.191. The summed E-state index contributed by atoms with van der Waals surface area (Å²) in [5.41, 5.74) is 0. The fourth-order valence-electron chi connectivity index (χ4n) is 2.07. The third-order valence-electron chi connectivity index (χ3n) is 3.52. The number of carboxylic acid groups (broad SMARTS) is 1. The molecule has 0 amide bonds. The van der Waals surface area contributed by atoms with Gasteiger partial charge in [-0.15, -0.1) is 0 Å². The number of carbonyl (C=O) groups excluding carboxylic acids is 1. The summed E-state index contributed by atoms with van der Waals surface area (Å²) in [5.74, 6) is -1.67. The molecule has 1 saturated heterocycles. The van der Waals surface area contributed by atoms with Crippen molar-refractivity contribution in [2.75, 3.05) is 6.61 Å². The van der Waals surface area contributed by atoms with E-state index < -0.39 is 67.7 Å². The second-order valence-electron chi connectivity index (χ2n) is 5.20. The average Bonchev–Trinajstić information content (AvgIpc) is 2.56. The number of hydrogen-bond donors (Lipinski definition) is 8. The molecule has 12 heteroatoms. The second-order valence-corrected chi connectivity index (χ2v) is 5.20. The number of aliphatic hydroxyl groups excluding tert-OH is 7. The van der Waals surface area contributed by atoms with Gasteiger partial charge in [0.25, 0.3) is 0 Å². The molecular weight excluding hydrogens is 336 g/mol. The van der Waals surface area contributed by atoms with Crippen LogP contribution in [0.2, 0.25) is 0 Å². The van der Waals surface area contributed by atoms with Crippen molar-refractivity contribution < 1.29 is 59.9 Å². The molecule has 0 aliphatic carbocycles. The minimum atomic E-state index is -2.05. The molecule has 1 fully saturated rings. The van der Waals surface area contributed by atoms with Gasteiger partial charge in [0, 0.05) is 0 Å². The van der Waals surface area contributed by atoms with E-state index in [4.69, 9.17) is 19.7 Å². The van der Waals surface area contributed by atoms with Gasteiger partial charge in [0.15, 0.2) is 18.7 Å². The van der Waals surface area contributed by atoms with Gasteiger partial charge in [-0.25, -0.2) is 4.79 Å². The van der Waals surface area contributed by atoms with Gasteiger partial charge in [-0.3, -0.25) is 0 Å². The number of rotatable bonds is 8. The predicted octanol–water partition coefficient (Wildman–Crippen LogP) is -5.46. The van der Waals surface area contributed by atoms with Crippen LogP contribution in [-0.4, -0.2) is 115 Å². The Bertz CT molecular complexity index is 430. The minimum Gasteiger partial charge on any atom is -0.479 e. The molecule has 1 aliphatic rings. The third-order valence-corrected chi connectivity index (χ3v) is 3.52. The van der Waals surface area contributed by atoms with E-state index in [0.717, 1.165) is 0 Å². The number of carboxylic acids is 1. The van der Waals surface area contributed by atoms with Crippen LogP contribution in [0.5, 0.6) is 0 Å². The number of ether oxygens (including phenoxy) is 2. The lowest BCUT2D eigenvalue weighted by atomic mass is 9.98. The lowest BCUT2D eigenvalue weighted by Crippen LogP contribution is -2.62. The van der Waals surface area contributed by atoms with Crippen molar-refractivity contribution in [2.24, 2.45) is 0 Å². The first-order chi connectivity index (χ1) is 11.1. The number of aldehydes is 1. The largest absolute Gasteiger partial charge is 0.479 e. The van der Waals surface area contributed by atoms with Crippen molar-refractivity contribution in [2.45, 2.75) is 55.1 Å². The monoisotopic (exact) mass is 356 g/mol. The number of aliphatic carboxylic acids is 1. The molecule has 1 aliphatic heterocycles. The Balaban J connectivity index is 2.86. The molecule has 0 aromatic rings. The summed E-state index contributed by atoms with van der Waals surface area (Å²) >= 11 is 0. The zero-order valence-corrected chi connectivity index (χ0v) is 12.2. The normalized spacial score (nSPS) is 35.7. The first-order valence-corrected chi connectivity index (χ1v) is 6.84. The molecule has 12 nitrogen and oxygen atoms in total. The Kier molecular flexibility index (Phi) is 7.59. The summed E-state index contributed by atoms with van der Waals surface area (Å²) in [7, 11) is 0. The summed E-state index contributed by atoms with van der Waals surface area (Å²) in [4.78, 5) is 21.3. The van der Waals surface area contributed by atoms with Crippen LogP contribution in [0, 0.1) is 0 Å². The number of hydrogen-bond acceptors (Lipinski definition) is 11. The molecular formula is C12H20O12. The van der Waals surface area contributed by atoms with Crippen molar-refractivity contribution >= 4 is 12.3 Å². The standard InChI is InChI=1S/C12H20O12/c13-1-3(15)5(16)6(17)4(2-14)23-12-9(20)7(18)8(19)10(24-12)11(21)22/h1,3-10,12,14-20H,2H2,(H,21,22)/t3-,4+,5+,6+,7-,8-,9+,10-,12?/m0/s1. The topological polar surface area (TPSA) is 214 Å². The maximum Gasteiger partial charge on any atom is 0.335 e. The van der Waals surface area contributed by atoms with Crippen molar-refractivity contribution in [3.8, 4) is 0 Å². The van der Waals surface area contributed by atoms with E-state index in [1.54, 1.807) is 0 Å². The van der Waals surface area contributed by atoms with E-state index in [-0.39, 0.29) is 6.29 Å². The van der Waals surface area contributed by atoms with Gasteiger partial charge in [0.1, 0.15) is 42.7 Å². The van der Waals surface area contributed by atoms with Crippen molar-refractivity contribution in [3.63, 3.8) is 0 Å². The Morgan fingerprint density at radius 2 is 1.67 bits per heavy atom. The third kappa shape index (κ3) is 4.44. The smallest absolute Gasteiger partial charge is 0.335 e. The summed E-state index contributed by atoms with van der Waals surface area (Å²) in [6.07, 6.45) is -17.6. The summed E-state index contributed by atoms with van der Waals surface area (Å²) < 4.78 is 9.71. The van der Waals surface area contributed by atoms with Gasteiger partial charge in [0.2, 0.25) is 0 Å². The second kappa shape index (κ2) is 8.75. The summed E-state index contributed by atoms with van der Waals surface area (Å²) in [6.45, 7) is -0.979. The molecule has 8 N–H and O–H groups in total. The van der Waals surface area contributed by atoms with Crippen LogP contribution in [0.15, 0.2) is 0 Å². The average molecular weight is 356 g/mol. The lowest BCUT2D eigenvalue weighted by Gasteiger charge is -2.40. The minimum absolute atomic E-state index is 0.0746. The maximum atomic E-state index is 10.9. The van der Waals surface area contributed by atoms with Crippen LogP contribution < -0.4 is 0 Å². The van der Waals surface area contributed by atoms with Gasteiger partial charge in [-0.05, 0) is 0 Å². The van der Waals surface area contributed by atoms with Crippen LogP contribution in [0.1, 0.15) is 0 Å². The first-order valence-electron chi connectivity index (χ1n) is 6.84. The molecule has 1 unspecified atom stereocenters. The Hall–Kier alpha value is -1.22. The highest BCUT2D eigenvalue weighted by molar-refractivity contribution is 5.73. The van der Waals surface area contributed by atoms with Crippen molar-refractivity contribution in [1.82, 2.24) is 0 Å². The van der Waals surface area contributed by atoms with E-state index in [1.165, 1.54) is 0 Å². The number of aliphatic hydroxyl groups is 7. The highest BCUT2D eigenvalue weighted by Gasteiger charge is 2.48. The molecule has 0 spiro atoms. The van der Waals surface area contributed by atoms with Crippen LogP contribution >= 0.6 is 0 Å². The Labute approximate surface area is 135 Å². The maximum absolute atomic E-state index is 10.9. The van der Waals surface area contributed by atoms with Crippen molar-refractivity contribution in [3.05, 3.63) is 0 Å². The molecule has 9 atom stereocenters. The van der Waals surface area contributed by atoms with E-state index in [0.29, 0.717) is 0 Å². The molecule has 0 aromatic heterocycles. The predicted molar refractivity (Wildman–Crippen MR) is 70.4 cm³/mol. The molecule has 1 heterocycles. The van der Waals surface area contributed by atoms with Crippen LogP contribution in [0.25, 0.3) is 0 Å². The molecule has 0 bridgehead atoms. The number of carbonyl (C=O) groups is 2. The molecule has 140 valence electrons. The Morgan fingerprint density at radius 3 is 2.12 bits per heavy atom. The lowest BCUT2D eigenvalue weighted by molar-refractivity contribution is -0.315. The van der Waals surface area contributed by atoms with Gasteiger partial charge in [0.05, 0.1) is 6.61 Å². The zero-order valence-electron chi connectivity index (χ0n) is 12.2. The molecule has 24 heavy (non-hydrogen) atoms. The summed E-state index contributed by atoms with van der Waals surface area (Å²) in [5, 5.41) is 75.3. The van der Waals surface area contributed by atoms with Gasteiger partial charge >= 0.3 is 5.97 Å². The summed E-state index contributed by atoms with van der Waals surface area (Å²) in [6, 6.07) is 0. The molecule has 0 radical (unpaired) electrons. The van der Waals surface area contributed by atoms with Gasteiger partial charge in [-0.1, -0.05) is 0 Å². The van der Waals surface area contributed by atoms with Crippen molar-refractivity contribution in [1.29, 1.82) is 0 Å². The Morgan fingerprint density at radius 1 is 1.08 bits per heavy atom. The van der Waals surface area contributed by atoms with Crippen LogP contribution in [0.3, 0.4) is 0 Å². The highest BCUT2D eigenvalue weighted by atomic mass is 16.7. The fourth-order valence-corrected chi connectivity index (χ4v) is 2.07. The van der Waals surface area contributed by atoms with E-state index in [9.17, 15) is 40.2 Å². The van der Waals surface area contributed by atoms with Crippen LogP contribution in [-0.2, 0) is 19.1 Å². The van der Waals surface area contributed by atoms with E-state index in [2.05, 4.69) is 0 Å². The SMILES string of the molecule is O=C[C@H](O)[C@@H](O)[C@H](O)[C@@H](CO)OC1O[C@H](C(=O)O)[C@@H](O)[C@H](O)[C@H]1O.